The molecular formula is C9H15N3O. The predicted octanol–water partition coefficient (Wildman–Crippen LogP) is 0.904. The van der Waals surface area contributed by atoms with E-state index in [1.807, 2.05) is 25.9 Å². The van der Waals surface area contributed by atoms with Crippen molar-refractivity contribution in [3.8, 4) is 0 Å². The highest BCUT2D eigenvalue weighted by Gasteiger charge is 2.08. The normalized spacial score (nSPS) is 12.7. The first kappa shape index (κ1) is 9.92. The van der Waals surface area contributed by atoms with Gasteiger partial charge in [-0.1, -0.05) is 0 Å². The van der Waals surface area contributed by atoms with Crippen molar-refractivity contribution >= 4 is 5.95 Å². The number of hydrogen-bond acceptors (Lipinski definition) is 4. The Bertz CT molecular complexity index is 297. The summed E-state index contributed by atoms with van der Waals surface area (Å²) in [5, 5.41) is 9.34. The molecule has 4 heteroatoms. The minimum Gasteiger partial charge on any atom is -0.389 e. The highest BCUT2D eigenvalue weighted by atomic mass is 16.3. The first-order valence-corrected chi connectivity index (χ1v) is 4.21. The lowest BCUT2D eigenvalue weighted by Crippen LogP contribution is -2.14. The molecule has 0 aliphatic rings. The Labute approximate surface area is 78.2 Å². The summed E-state index contributed by atoms with van der Waals surface area (Å²) in [6.07, 6.45) is 1.17. The van der Waals surface area contributed by atoms with Gasteiger partial charge in [-0.2, -0.15) is 0 Å². The van der Waals surface area contributed by atoms with E-state index in [0.29, 0.717) is 5.95 Å². The fraction of sp³-hybridized carbons (Fsp3) is 0.556. The summed E-state index contributed by atoms with van der Waals surface area (Å²) in [6.45, 7) is 3.58. The molecule has 0 unspecified atom stereocenters. The standard InChI is InChI=1S/C9H15N3O/c1-6-8(7(2)13)5-10-9(11-6)12(3)4/h5,7,13H,1-4H3/t7-/m0/s1. The predicted molar refractivity (Wildman–Crippen MR) is 51.7 cm³/mol. The molecule has 0 aliphatic heterocycles. The van der Waals surface area contributed by atoms with E-state index in [2.05, 4.69) is 9.97 Å². The summed E-state index contributed by atoms with van der Waals surface area (Å²) in [5.74, 6) is 0.668. The van der Waals surface area contributed by atoms with Gasteiger partial charge in [0, 0.05) is 31.5 Å². The van der Waals surface area contributed by atoms with E-state index in [-0.39, 0.29) is 0 Å². The number of anilines is 1. The number of aliphatic hydroxyl groups is 1. The maximum Gasteiger partial charge on any atom is 0.224 e. The van der Waals surface area contributed by atoms with Crippen molar-refractivity contribution in [2.24, 2.45) is 0 Å². The highest BCUT2D eigenvalue weighted by Crippen LogP contribution is 2.15. The Morgan fingerprint density at radius 2 is 2.08 bits per heavy atom. The van der Waals surface area contributed by atoms with E-state index in [9.17, 15) is 5.11 Å². The number of rotatable bonds is 2. The molecule has 0 saturated carbocycles. The van der Waals surface area contributed by atoms with Crippen LogP contribution in [0.15, 0.2) is 6.20 Å². The molecule has 0 aliphatic carbocycles. The Morgan fingerprint density at radius 1 is 1.46 bits per heavy atom. The molecule has 0 fully saturated rings. The van der Waals surface area contributed by atoms with Crippen LogP contribution in [0.2, 0.25) is 0 Å². The zero-order valence-corrected chi connectivity index (χ0v) is 8.44. The molecule has 13 heavy (non-hydrogen) atoms. The van der Waals surface area contributed by atoms with E-state index >= 15 is 0 Å². The topological polar surface area (TPSA) is 49.2 Å². The molecule has 1 atom stereocenters. The monoisotopic (exact) mass is 181 g/mol. The third kappa shape index (κ3) is 2.15. The van der Waals surface area contributed by atoms with E-state index in [1.54, 1.807) is 13.1 Å². The third-order valence-electron chi connectivity index (χ3n) is 1.85. The summed E-state index contributed by atoms with van der Waals surface area (Å²) >= 11 is 0. The minimum atomic E-state index is -0.504. The molecule has 1 heterocycles. The van der Waals surface area contributed by atoms with Gasteiger partial charge in [0.05, 0.1) is 6.10 Å². The van der Waals surface area contributed by atoms with Crippen LogP contribution < -0.4 is 4.90 Å². The number of aromatic nitrogens is 2. The van der Waals surface area contributed by atoms with Crippen molar-refractivity contribution in [3.05, 3.63) is 17.5 Å². The van der Waals surface area contributed by atoms with Crippen molar-refractivity contribution in [3.63, 3.8) is 0 Å². The minimum absolute atomic E-state index is 0.504. The molecule has 0 spiro atoms. The lowest BCUT2D eigenvalue weighted by atomic mass is 10.1. The first-order valence-electron chi connectivity index (χ1n) is 4.21. The molecule has 0 saturated heterocycles. The van der Waals surface area contributed by atoms with E-state index in [4.69, 9.17) is 0 Å². The summed E-state index contributed by atoms with van der Waals surface area (Å²) in [6, 6.07) is 0. The van der Waals surface area contributed by atoms with Gasteiger partial charge in [0.25, 0.3) is 0 Å². The SMILES string of the molecule is Cc1nc(N(C)C)ncc1[C@H](C)O. The van der Waals surface area contributed by atoms with Crippen molar-refractivity contribution in [2.75, 3.05) is 19.0 Å². The van der Waals surface area contributed by atoms with Crippen LogP contribution in [-0.4, -0.2) is 29.2 Å². The lowest BCUT2D eigenvalue weighted by Gasteiger charge is -2.13. The molecule has 4 nitrogen and oxygen atoms in total. The number of hydrogen-bond donors (Lipinski definition) is 1. The smallest absolute Gasteiger partial charge is 0.224 e. The summed E-state index contributed by atoms with van der Waals surface area (Å²) in [7, 11) is 3.77. The molecule has 0 amide bonds. The van der Waals surface area contributed by atoms with Crippen molar-refractivity contribution in [1.82, 2.24) is 9.97 Å². The number of aliphatic hydroxyl groups excluding tert-OH is 1. The first-order chi connectivity index (χ1) is 6.02. The van der Waals surface area contributed by atoms with Crippen molar-refractivity contribution in [1.29, 1.82) is 0 Å². The Hall–Kier alpha value is -1.16. The fourth-order valence-corrected chi connectivity index (χ4v) is 1.09. The van der Waals surface area contributed by atoms with Gasteiger partial charge in [0.1, 0.15) is 0 Å². The average Bonchev–Trinajstić information content (AvgIpc) is 2.03. The van der Waals surface area contributed by atoms with Crippen LogP contribution in [0.5, 0.6) is 0 Å². The van der Waals surface area contributed by atoms with Gasteiger partial charge in [-0.05, 0) is 13.8 Å². The van der Waals surface area contributed by atoms with Gasteiger partial charge in [-0.25, -0.2) is 9.97 Å². The molecule has 1 aromatic heterocycles. The zero-order chi connectivity index (χ0) is 10.0. The molecule has 0 aromatic carbocycles. The van der Waals surface area contributed by atoms with Gasteiger partial charge in [-0.3, -0.25) is 0 Å². The van der Waals surface area contributed by atoms with Gasteiger partial charge in [0.2, 0.25) is 5.95 Å². The quantitative estimate of drug-likeness (QED) is 0.736. The van der Waals surface area contributed by atoms with Gasteiger partial charge < -0.3 is 10.0 Å². The third-order valence-corrected chi connectivity index (χ3v) is 1.85. The van der Waals surface area contributed by atoms with Crippen LogP contribution in [0.4, 0.5) is 5.95 Å². The van der Waals surface area contributed by atoms with Crippen molar-refractivity contribution < 1.29 is 5.11 Å². The molecule has 72 valence electrons. The molecule has 0 bridgehead atoms. The van der Waals surface area contributed by atoms with Crippen molar-refractivity contribution in [2.45, 2.75) is 20.0 Å². The summed E-state index contributed by atoms with van der Waals surface area (Å²) in [5.41, 5.74) is 1.61. The summed E-state index contributed by atoms with van der Waals surface area (Å²) < 4.78 is 0. The molecule has 1 aromatic rings. The second-order valence-electron chi connectivity index (χ2n) is 3.28. The van der Waals surface area contributed by atoms with Crippen LogP contribution in [0.3, 0.4) is 0 Å². The van der Waals surface area contributed by atoms with Crippen LogP contribution in [0, 0.1) is 6.92 Å². The second kappa shape index (κ2) is 3.70. The van der Waals surface area contributed by atoms with E-state index in [1.165, 1.54) is 0 Å². The summed E-state index contributed by atoms with van der Waals surface area (Å²) in [4.78, 5) is 10.2. The number of nitrogens with zero attached hydrogens (tertiary/aromatic N) is 3. The van der Waals surface area contributed by atoms with Crippen LogP contribution in [0.25, 0.3) is 0 Å². The second-order valence-corrected chi connectivity index (χ2v) is 3.28. The Kier molecular flexibility index (Phi) is 2.83. The molecule has 1 rings (SSSR count). The molecule has 1 N–H and O–H groups in total. The maximum atomic E-state index is 9.34. The molecular weight excluding hydrogens is 166 g/mol. The van der Waals surface area contributed by atoms with Crippen LogP contribution in [-0.2, 0) is 0 Å². The largest absolute Gasteiger partial charge is 0.389 e. The lowest BCUT2D eigenvalue weighted by molar-refractivity contribution is 0.197. The Morgan fingerprint density at radius 3 is 2.46 bits per heavy atom. The maximum absolute atomic E-state index is 9.34. The molecule has 0 radical (unpaired) electrons. The van der Waals surface area contributed by atoms with E-state index < -0.39 is 6.10 Å². The van der Waals surface area contributed by atoms with Crippen LogP contribution >= 0.6 is 0 Å². The number of aryl methyl sites for hydroxylation is 1. The van der Waals surface area contributed by atoms with Gasteiger partial charge >= 0.3 is 0 Å². The van der Waals surface area contributed by atoms with Crippen LogP contribution in [0.1, 0.15) is 24.3 Å². The highest BCUT2D eigenvalue weighted by molar-refractivity contribution is 5.31. The zero-order valence-electron chi connectivity index (χ0n) is 8.44. The van der Waals surface area contributed by atoms with Gasteiger partial charge in [0.15, 0.2) is 0 Å². The van der Waals surface area contributed by atoms with Gasteiger partial charge in [-0.15, -0.1) is 0 Å². The van der Waals surface area contributed by atoms with E-state index in [0.717, 1.165) is 11.3 Å². The average molecular weight is 181 g/mol. The Balaban J connectivity index is 3.06. The fourth-order valence-electron chi connectivity index (χ4n) is 1.09.